The second-order valence-corrected chi connectivity index (χ2v) is 14.7. The van der Waals surface area contributed by atoms with E-state index in [1.54, 1.807) is 10.6 Å². The molecule has 0 unspecified atom stereocenters. The molecule has 1 aromatic heterocycles. The van der Waals surface area contributed by atoms with Crippen molar-refractivity contribution in [3.8, 4) is 5.69 Å². The summed E-state index contributed by atoms with van der Waals surface area (Å²) >= 11 is 0. The Bertz CT molecular complexity index is 1530. The number of hydrogen-bond acceptors (Lipinski definition) is 8. The van der Waals surface area contributed by atoms with E-state index in [2.05, 4.69) is 29.4 Å². The zero-order chi connectivity index (χ0) is 31.8. The van der Waals surface area contributed by atoms with Crippen LogP contribution in [-0.2, 0) is 38.9 Å². The molecule has 1 aromatic carbocycles. The van der Waals surface area contributed by atoms with E-state index in [1.807, 2.05) is 13.8 Å². The highest BCUT2D eigenvalue weighted by atomic mass is 32.2. The van der Waals surface area contributed by atoms with Crippen LogP contribution in [0.3, 0.4) is 0 Å². The topological polar surface area (TPSA) is 145 Å². The molecule has 5 rings (SSSR count). The van der Waals surface area contributed by atoms with E-state index in [1.165, 1.54) is 6.07 Å². The molecular weight excluding hydrogens is 589 g/mol. The van der Waals surface area contributed by atoms with Crippen LogP contribution in [0, 0.1) is 11.2 Å². The summed E-state index contributed by atoms with van der Waals surface area (Å²) < 4.78 is 55.4. The van der Waals surface area contributed by atoms with Gasteiger partial charge in [0.25, 0.3) is 5.91 Å². The first kappa shape index (κ1) is 32.2. The Kier molecular flexibility index (Phi) is 9.29. The van der Waals surface area contributed by atoms with Crippen LogP contribution in [0.15, 0.2) is 17.0 Å². The lowest BCUT2D eigenvalue weighted by atomic mass is 9.89. The van der Waals surface area contributed by atoms with Gasteiger partial charge in [-0.15, -0.1) is 0 Å². The number of nitrogens with zero attached hydrogens (tertiary/aromatic N) is 2. The quantitative estimate of drug-likeness (QED) is 0.358. The Hall–Kier alpha value is -3.16. The van der Waals surface area contributed by atoms with Gasteiger partial charge in [0.1, 0.15) is 11.9 Å². The van der Waals surface area contributed by atoms with E-state index in [9.17, 15) is 18.0 Å². The van der Waals surface area contributed by atoms with Crippen LogP contribution in [0.4, 0.5) is 14.9 Å². The number of carbonyl (C=O) groups excluding carboxylic acids is 2. The van der Waals surface area contributed by atoms with E-state index in [0.29, 0.717) is 61.3 Å². The predicted molar refractivity (Wildman–Crippen MR) is 164 cm³/mol. The monoisotopic (exact) mass is 633 g/mol. The number of fused-ring (bicyclic) bond motifs is 3. The van der Waals surface area contributed by atoms with Crippen molar-refractivity contribution in [3.63, 3.8) is 0 Å². The van der Waals surface area contributed by atoms with Crippen LogP contribution in [0.2, 0.25) is 0 Å². The van der Waals surface area contributed by atoms with Crippen LogP contribution in [-0.4, -0.2) is 74.0 Å². The standard InChI is InChI=1S/C31H44FN5O6S/c1-5-36(6-2)12-11-34-30(39)43-21-9-7-19(8-10-21)35-24-14-20(13-23(32)27(24)29(33)38)37-25-15-31(3,4)18-44(40,41)28(25)22-16-42-17-26(22)37/h13-14,19,21,35H,5-12,15-18H2,1-4H3,(H2,33,38)(H,34,39). The number of likely N-dealkylation sites (N-methyl/N-ethyl adjacent to an activating group) is 1. The number of nitrogens with two attached hydrogens (primary N) is 1. The number of anilines is 1. The molecule has 1 saturated carbocycles. The normalized spacial score (nSPS) is 21.9. The summed E-state index contributed by atoms with van der Waals surface area (Å²) in [4.78, 5) is 27.2. The maximum absolute atomic E-state index is 15.6. The molecule has 4 N–H and O–H groups in total. The van der Waals surface area contributed by atoms with Crippen molar-refractivity contribution in [3.05, 3.63) is 40.5 Å². The number of ether oxygens (including phenoxy) is 2. The smallest absolute Gasteiger partial charge is 0.407 e. The first-order valence-electron chi connectivity index (χ1n) is 15.5. The highest BCUT2D eigenvalue weighted by Gasteiger charge is 2.43. The Morgan fingerprint density at radius 2 is 1.84 bits per heavy atom. The molecule has 1 aliphatic carbocycles. The van der Waals surface area contributed by atoms with E-state index in [0.717, 1.165) is 19.6 Å². The lowest BCUT2D eigenvalue weighted by Crippen LogP contribution is -2.38. The zero-order valence-electron chi connectivity index (χ0n) is 26.0. The Morgan fingerprint density at radius 3 is 2.50 bits per heavy atom. The van der Waals surface area contributed by atoms with Gasteiger partial charge < -0.3 is 35.3 Å². The minimum Gasteiger partial charge on any atom is -0.446 e. The molecule has 1 fully saturated rings. The molecule has 0 radical (unpaired) electrons. The fourth-order valence-corrected chi connectivity index (χ4v) is 9.21. The van der Waals surface area contributed by atoms with E-state index in [-0.39, 0.29) is 47.3 Å². The molecule has 44 heavy (non-hydrogen) atoms. The van der Waals surface area contributed by atoms with Crippen molar-refractivity contribution in [2.45, 2.75) is 90.1 Å². The number of rotatable bonds is 10. The number of alkyl carbamates (subject to hydrolysis) is 1. The molecule has 2 aliphatic heterocycles. The highest BCUT2D eigenvalue weighted by Crippen LogP contribution is 2.44. The highest BCUT2D eigenvalue weighted by molar-refractivity contribution is 7.91. The molecule has 11 nitrogen and oxygen atoms in total. The van der Waals surface area contributed by atoms with E-state index < -0.39 is 33.1 Å². The summed E-state index contributed by atoms with van der Waals surface area (Å²) in [5.74, 6) is -1.67. The second-order valence-electron chi connectivity index (χ2n) is 12.8. The molecule has 2 aromatic rings. The maximum atomic E-state index is 15.6. The number of carbonyl (C=O) groups is 2. The maximum Gasteiger partial charge on any atom is 0.407 e. The fourth-order valence-electron chi connectivity index (χ4n) is 6.86. The molecule has 2 amide bonds. The fraction of sp³-hybridized carbons (Fsp3) is 0.613. The van der Waals surface area contributed by atoms with Crippen molar-refractivity contribution in [1.82, 2.24) is 14.8 Å². The minimum atomic E-state index is -3.58. The molecular formula is C31H44FN5O6S. The van der Waals surface area contributed by atoms with Gasteiger partial charge >= 0.3 is 6.09 Å². The first-order valence-corrected chi connectivity index (χ1v) is 17.1. The summed E-state index contributed by atoms with van der Waals surface area (Å²) in [5.41, 5.74) is 7.44. The second kappa shape index (κ2) is 12.7. The Labute approximate surface area is 258 Å². The lowest BCUT2D eigenvalue weighted by molar-refractivity contribution is 0.0726. The number of amides is 2. The predicted octanol–water partition coefficient (Wildman–Crippen LogP) is 3.89. The number of aromatic nitrogens is 1. The molecule has 0 bridgehead atoms. The average Bonchev–Trinajstić information content (AvgIpc) is 3.50. The molecule has 242 valence electrons. The molecule has 0 atom stereocenters. The van der Waals surface area contributed by atoms with Gasteiger partial charge in [-0.1, -0.05) is 27.7 Å². The SMILES string of the molecule is CCN(CC)CCNC(=O)OC1CCC(Nc2cc(-n3c4c(c5c3CC(C)(C)CS5(=O)=O)COC4)cc(F)c2C(N)=O)CC1. The van der Waals surface area contributed by atoms with Crippen LogP contribution < -0.4 is 16.4 Å². The van der Waals surface area contributed by atoms with Crippen molar-refractivity contribution < 1.29 is 31.9 Å². The number of primary amides is 1. The van der Waals surface area contributed by atoms with Crippen molar-refractivity contribution in [2.75, 3.05) is 37.2 Å². The van der Waals surface area contributed by atoms with Gasteiger partial charge in [0, 0.05) is 30.4 Å². The molecule has 0 spiro atoms. The van der Waals surface area contributed by atoms with Gasteiger partial charge in [-0.25, -0.2) is 17.6 Å². The van der Waals surface area contributed by atoms with Crippen molar-refractivity contribution in [1.29, 1.82) is 0 Å². The van der Waals surface area contributed by atoms with Gasteiger partial charge in [0.2, 0.25) is 0 Å². The number of hydrogen-bond donors (Lipinski definition) is 3. The third-order valence-corrected chi connectivity index (χ3v) is 11.2. The minimum absolute atomic E-state index is 0.0234. The van der Waals surface area contributed by atoms with Gasteiger partial charge in [0.15, 0.2) is 9.84 Å². The molecule has 0 saturated heterocycles. The number of nitrogens with one attached hydrogen (secondary N) is 2. The van der Waals surface area contributed by atoms with Crippen LogP contribution in [0.5, 0.6) is 0 Å². The number of sulfone groups is 1. The van der Waals surface area contributed by atoms with Gasteiger partial charge in [-0.3, -0.25) is 4.79 Å². The summed E-state index contributed by atoms with van der Waals surface area (Å²) in [5, 5.41) is 6.14. The molecule has 13 heteroatoms. The lowest BCUT2D eigenvalue weighted by Gasteiger charge is -2.31. The van der Waals surface area contributed by atoms with Gasteiger partial charge in [-0.2, -0.15) is 0 Å². The molecule has 3 heterocycles. The summed E-state index contributed by atoms with van der Waals surface area (Å²) in [6.07, 6.45) is 2.31. The Balaban J connectivity index is 1.34. The number of halogens is 1. The van der Waals surface area contributed by atoms with E-state index in [4.69, 9.17) is 15.2 Å². The summed E-state index contributed by atoms with van der Waals surface area (Å²) in [6.45, 7) is 11.4. The number of benzene rings is 1. The van der Waals surface area contributed by atoms with Crippen LogP contribution in [0.1, 0.15) is 80.7 Å². The zero-order valence-corrected chi connectivity index (χ0v) is 26.8. The van der Waals surface area contributed by atoms with Crippen LogP contribution >= 0.6 is 0 Å². The molecule has 3 aliphatic rings. The summed E-state index contributed by atoms with van der Waals surface area (Å²) in [7, 11) is -3.58. The summed E-state index contributed by atoms with van der Waals surface area (Å²) in [6, 6.07) is 2.80. The third-order valence-electron chi connectivity index (χ3n) is 8.93. The van der Waals surface area contributed by atoms with E-state index >= 15 is 4.39 Å². The van der Waals surface area contributed by atoms with Crippen molar-refractivity contribution >= 4 is 27.5 Å². The van der Waals surface area contributed by atoms with Gasteiger partial charge in [0.05, 0.1) is 46.5 Å². The van der Waals surface area contributed by atoms with Gasteiger partial charge in [-0.05, 0) is 62.7 Å². The third kappa shape index (κ3) is 6.59. The Morgan fingerprint density at radius 1 is 1.14 bits per heavy atom. The average molecular weight is 634 g/mol. The first-order chi connectivity index (χ1) is 20.8. The largest absolute Gasteiger partial charge is 0.446 e. The van der Waals surface area contributed by atoms with Crippen LogP contribution in [0.25, 0.3) is 5.69 Å². The van der Waals surface area contributed by atoms with Crippen molar-refractivity contribution in [2.24, 2.45) is 11.1 Å².